The molecule has 0 amide bonds. The molecule has 48 heavy (non-hydrogen) atoms. The van der Waals surface area contributed by atoms with Crippen molar-refractivity contribution in [2.24, 2.45) is 5.10 Å². The predicted molar refractivity (Wildman–Crippen MR) is 195 cm³/mol. The van der Waals surface area contributed by atoms with E-state index in [2.05, 4.69) is 17.5 Å². The van der Waals surface area contributed by atoms with E-state index in [1.54, 1.807) is 12.1 Å². The number of carbonyl (C=O) groups excluding carboxylic acids is 1. The lowest BCUT2D eigenvalue weighted by Gasteiger charge is -2.21. The van der Waals surface area contributed by atoms with Crippen LogP contribution >= 0.6 is 0 Å². The third kappa shape index (κ3) is 14.7. The zero-order valence-corrected chi connectivity index (χ0v) is 29.9. The number of nitrogens with zero attached hydrogens (tertiary/aromatic N) is 2. The van der Waals surface area contributed by atoms with E-state index in [4.69, 9.17) is 0 Å². The van der Waals surface area contributed by atoms with E-state index in [0.717, 1.165) is 34.9 Å². The average Bonchev–Trinajstić information content (AvgIpc) is 3.55. The normalized spacial score (nSPS) is 14.2. The molecule has 9 heteroatoms. The van der Waals surface area contributed by atoms with Crippen LogP contribution in [0.3, 0.4) is 0 Å². The smallest absolute Gasteiger partial charge is 0.251 e. The number of amidine groups is 1. The quantitative estimate of drug-likeness (QED) is 0.0867. The van der Waals surface area contributed by atoms with Gasteiger partial charge in [0.15, 0.2) is 5.69 Å². The van der Waals surface area contributed by atoms with Crippen molar-refractivity contribution in [2.75, 3.05) is 5.12 Å². The highest BCUT2D eigenvalue weighted by Gasteiger charge is 2.33. The Morgan fingerprint density at radius 2 is 1.15 bits per heavy atom. The Morgan fingerprint density at radius 3 is 1.60 bits per heavy atom. The van der Waals surface area contributed by atoms with Crippen molar-refractivity contribution < 1.29 is 22.9 Å². The van der Waals surface area contributed by atoms with Crippen LogP contribution in [0.15, 0.2) is 94.9 Å². The number of unbranched alkanes of at least 4 members (excludes halogenated alkanes) is 15. The second kappa shape index (κ2) is 22.2. The van der Waals surface area contributed by atoms with E-state index in [-0.39, 0.29) is 10.7 Å². The third-order valence-electron chi connectivity index (χ3n) is 8.56. The fraction of sp³-hybridized carbons (Fsp3) is 0.487. The van der Waals surface area contributed by atoms with Crippen molar-refractivity contribution in [3.8, 4) is 0 Å². The van der Waals surface area contributed by atoms with Gasteiger partial charge in [-0.25, -0.2) is 13.8 Å². The molecule has 3 aromatic rings. The van der Waals surface area contributed by atoms with Crippen molar-refractivity contribution in [1.82, 2.24) is 5.43 Å². The van der Waals surface area contributed by atoms with E-state index in [0.29, 0.717) is 5.84 Å². The lowest BCUT2D eigenvalue weighted by Crippen LogP contribution is -3.10. The van der Waals surface area contributed by atoms with Gasteiger partial charge in [-0.05, 0) is 47.8 Å². The maximum atomic E-state index is 11.6. The molecule has 0 bridgehead atoms. The lowest BCUT2D eigenvalue weighted by atomic mass is 10.0. The van der Waals surface area contributed by atoms with Gasteiger partial charge in [-0.1, -0.05) is 162 Å². The number of hydrogen-bond acceptors (Lipinski definition) is 7. The molecule has 0 fully saturated rings. The molecule has 1 aliphatic heterocycles. The number of hydrazine groups is 1. The Bertz CT molecular complexity index is 1450. The summed E-state index contributed by atoms with van der Waals surface area (Å²) in [6, 6.07) is 25.9. The van der Waals surface area contributed by atoms with Gasteiger partial charge in [0.25, 0.3) is 5.84 Å². The number of nitrogens with one attached hydrogen (secondary N) is 2. The molecule has 2 N–H and O–H groups in total. The predicted octanol–water partition coefficient (Wildman–Crippen LogP) is 8.44. The summed E-state index contributed by atoms with van der Waals surface area (Å²) in [6.07, 6.45) is 22.7. The number of anilines is 1. The molecule has 8 nitrogen and oxygen atoms in total. The minimum atomic E-state index is -4.32. The molecule has 0 saturated carbocycles. The van der Waals surface area contributed by atoms with E-state index in [9.17, 15) is 17.8 Å². The second-order valence-electron chi connectivity index (χ2n) is 12.6. The molecule has 0 spiro atoms. The molecule has 3 aromatic carbocycles. The summed E-state index contributed by atoms with van der Waals surface area (Å²) in [7, 11) is -4.32. The summed E-state index contributed by atoms with van der Waals surface area (Å²) in [5.74, 6) is 0.268. The molecule has 0 aliphatic carbocycles. The van der Waals surface area contributed by atoms with Gasteiger partial charge in [-0.3, -0.25) is 4.79 Å². The maximum Gasteiger partial charge on any atom is 0.251 e. The van der Waals surface area contributed by atoms with Gasteiger partial charge >= 0.3 is 0 Å². The Balaban J connectivity index is 0.000000273. The van der Waals surface area contributed by atoms with Crippen LogP contribution in [-0.4, -0.2) is 24.6 Å². The molecule has 1 heterocycles. The van der Waals surface area contributed by atoms with Crippen LogP contribution in [0.2, 0.25) is 0 Å². The van der Waals surface area contributed by atoms with Crippen LogP contribution in [0, 0.1) is 0 Å². The summed E-state index contributed by atoms with van der Waals surface area (Å²) in [5, 5.41) is 6.96. The third-order valence-corrected chi connectivity index (χ3v) is 9.41. The van der Waals surface area contributed by atoms with Crippen LogP contribution < -0.4 is 15.7 Å². The first kappa shape index (κ1) is 38.9. The Labute approximate surface area is 289 Å². The first-order valence-electron chi connectivity index (χ1n) is 18.0. The van der Waals surface area contributed by atoms with Crippen molar-refractivity contribution in [3.05, 3.63) is 90.5 Å². The standard InChI is InChI=1S/C24H42O3S.C15H14N4O/c1-2-3-4-5-6-7-8-9-10-11-12-13-14-15-16-17-18-23-19-21-24(22-20-23)28(25,26)27;1-12(20)15-16-18(13-8-4-2-5-9-13)19(17-15)14-10-6-3-7-11-14/h19-22H,2-18H2,1H3,(H,25,26,27);2-11H,1H3,(H,16,17). The summed E-state index contributed by atoms with van der Waals surface area (Å²) in [5.41, 5.74) is 6.06. The number of benzene rings is 3. The molecule has 0 radical (unpaired) electrons. The number of hydrogen-bond donors (Lipinski definition) is 2. The van der Waals surface area contributed by atoms with Gasteiger partial charge in [0, 0.05) is 19.1 Å². The van der Waals surface area contributed by atoms with Crippen LogP contribution in [0.1, 0.15) is 122 Å². The highest BCUT2D eigenvalue weighted by atomic mass is 32.2. The lowest BCUT2D eigenvalue weighted by molar-refractivity contribution is -0.846. The molecular formula is C39H56N4O4S. The number of aryl methyl sites for hydroxylation is 1. The van der Waals surface area contributed by atoms with Gasteiger partial charge in [-0.15, -0.1) is 0 Å². The summed E-state index contributed by atoms with van der Waals surface area (Å²) in [6.45, 7) is 3.78. The number of carbonyl (C=O) groups is 1. The van der Waals surface area contributed by atoms with Gasteiger partial charge in [-0.2, -0.15) is 0 Å². The van der Waals surface area contributed by atoms with Gasteiger partial charge in [0.2, 0.25) is 5.78 Å². The number of Topliss-reactive ketones (excluding diaryl/α,β-unsaturated/α-hetero) is 1. The van der Waals surface area contributed by atoms with E-state index < -0.39 is 10.1 Å². The first-order chi connectivity index (χ1) is 23.3. The summed E-state index contributed by atoms with van der Waals surface area (Å²) in [4.78, 5) is 11.4. The van der Waals surface area contributed by atoms with Gasteiger partial charge in [0.1, 0.15) is 15.8 Å². The Kier molecular flexibility index (Phi) is 18.0. The molecule has 262 valence electrons. The van der Waals surface area contributed by atoms with Crippen molar-refractivity contribution in [3.63, 3.8) is 0 Å². The highest BCUT2D eigenvalue weighted by molar-refractivity contribution is 7.85. The van der Waals surface area contributed by atoms with Crippen molar-refractivity contribution in [2.45, 2.75) is 128 Å². The summed E-state index contributed by atoms with van der Waals surface area (Å²) >= 11 is 0. The van der Waals surface area contributed by atoms with Gasteiger partial charge < -0.3 is 4.55 Å². The molecule has 0 aromatic heterocycles. The van der Waals surface area contributed by atoms with Crippen molar-refractivity contribution in [1.29, 1.82) is 0 Å². The Hall–Kier alpha value is -3.53. The largest absolute Gasteiger partial charge is 0.744 e. The maximum absolute atomic E-state index is 11.6. The van der Waals surface area contributed by atoms with E-state index >= 15 is 0 Å². The zero-order valence-electron chi connectivity index (χ0n) is 29.0. The number of rotatable bonds is 21. The van der Waals surface area contributed by atoms with Gasteiger partial charge in [0.05, 0.1) is 4.90 Å². The minimum Gasteiger partial charge on any atom is -0.744 e. The number of ketones is 1. The molecule has 1 atom stereocenters. The van der Waals surface area contributed by atoms with Crippen LogP contribution in [0.5, 0.6) is 0 Å². The Morgan fingerprint density at radius 1 is 0.688 bits per heavy atom. The van der Waals surface area contributed by atoms with Crippen LogP contribution in [-0.2, 0) is 21.3 Å². The molecule has 1 unspecified atom stereocenters. The number of para-hydroxylation sites is 1. The topological polar surface area (TPSA) is 106 Å². The fourth-order valence-corrected chi connectivity index (χ4v) is 6.21. The second-order valence-corrected chi connectivity index (χ2v) is 14.0. The highest BCUT2D eigenvalue weighted by Crippen LogP contribution is 2.16. The van der Waals surface area contributed by atoms with Crippen molar-refractivity contribution >= 4 is 33.1 Å². The minimum absolute atomic E-state index is 0.0862. The van der Waals surface area contributed by atoms with E-state index in [1.807, 2.05) is 65.8 Å². The molecule has 4 rings (SSSR count). The summed E-state index contributed by atoms with van der Waals surface area (Å²) < 4.78 is 32.7. The molecule has 0 saturated heterocycles. The zero-order chi connectivity index (χ0) is 34.5. The van der Waals surface area contributed by atoms with Crippen LogP contribution in [0.4, 0.5) is 11.4 Å². The SMILES string of the molecule is CC(=O)C1=N[NH+](c2ccccc2)N(c2ccccc2)N1.CCCCCCCCCCCCCCCCCCc1ccc(S(=O)(=O)[O-])cc1. The monoisotopic (exact) mass is 676 g/mol. The first-order valence-corrected chi connectivity index (χ1v) is 19.4. The number of quaternary nitrogens is 1. The average molecular weight is 677 g/mol. The molecule has 1 aliphatic rings. The van der Waals surface area contributed by atoms with E-state index in [1.165, 1.54) is 115 Å². The van der Waals surface area contributed by atoms with Crippen LogP contribution in [0.25, 0.3) is 0 Å². The molecular weight excluding hydrogens is 621 g/mol. The fourth-order valence-electron chi connectivity index (χ4n) is 5.74.